The molecule has 102 valence electrons. The van der Waals surface area contributed by atoms with Gasteiger partial charge in [0.25, 0.3) is 0 Å². The Morgan fingerprint density at radius 2 is 1.71 bits per heavy atom. The van der Waals surface area contributed by atoms with Crippen LogP contribution in [0, 0.1) is 6.92 Å². The number of nitrogens with zero attached hydrogens (tertiary/aromatic N) is 1. The Morgan fingerprint density at radius 1 is 0.905 bits per heavy atom. The molecule has 2 aromatic heterocycles. The lowest BCUT2D eigenvalue weighted by Crippen LogP contribution is -1.93. The average Bonchev–Trinajstić information content (AvgIpc) is 2.92. The van der Waals surface area contributed by atoms with Gasteiger partial charge in [0.2, 0.25) is 5.89 Å². The fourth-order valence-corrected chi connectivity index (χ4v) is 2.35. The van der Waals surface area contributed by atoms with Gasteiger partial charge in [0.1, 0.15) is 11.1 Å². The molecule has 0 spiro atoms. The zero-order valence-electron chi connectivity index (χ0n) is 11.3. The third-order valence-corrected chi connectivity index (χ3v) is 3.45. The molecule has 2 heterocycles. The van der Waals surface area contributed by atoms with Crippen LogP contribution in [-0.4, -0.2) is 4.98 Å². The lowest BCUT2D eigenvalue weighted by atomic mass is 10.1. The van der Waals surface area contributed by atoms with Crippen LogP contribution in [0.1, 0.15) is 5.56 Å². The van der Waals surface area contributed by atoms with Gasteiger partial charge in [0.15, 0.2) is 5.58 Å². The number of fused-ring (bicyclic) bond motifs is 3. The largest absolute Gasteiger partial charge is 0.435 e. The van der Waals surface area contributed by atoms with Crippen LogP contribution < -0.4 is 5.63 Å². The van der Waals surface area contributed by atoms with Crippen LogP contribution in [0.3, 0.4) is 0 Å². The molecule has 4 aromatic rings. The second-order valence-corrected chi connectivity index (χ2v) is 4.97. The van der Waals surface area contributed by atoms with E-state index in [1.165, 1.54) is 11.6 Å². The highest BCUT2D eigenvalue weighted by Crippen LogP contribution is 2.29. The fraction of sp³-hybridized carbons (Fsp3) is 0.0588. The van der Waals surface area contributed by atoms with E-state index in [2.05, 4.69) is 4.98 Å². The van der Waals surface area contributed by atoms with Crippen LogP contribution in [-0.2, 0) is 0 Å². The van der Waals surface area contributed by atoms with Crippen molar-refractivity contribution in [1.29, 1.82) is 0 Å². The zero-order valence-corrected chi connectivity index (χ0v) is 11.3. The standard InChI is InChI=1S/C17H11NO3/c1-10-2-4-11(5-3-10)17-18-13-7-8-14-12(16(13)21-17)6-9-15(19)20-14/h2-9H,1H3. The molecule has 0 atom stereocenters. The van der Waals surface area contributed by atoms with Crippen LogP contribution in [0.5, 0.6) is 0 Å². The molecular weight excluding hydrogens is 266 g/mol. The topological polar surface area (TPSA) is 56.2 Å². The molecule has 2 aromatic carbocycles. The highest BCUT2D eigenvalue weighted by molar-refractivity contribution is 6.00. The molecule has 0 amide bonds. The summed E-state index contributed by atoms with van der Waals surface area (Å²) in [4.78, 5) is 15.8. The molecule has 0 radical (unpaired) electrons. The number of oxazole rings is 1. The minimum atomic E-state index is -0.375. The van der Waals surface area contributed by atoms with E-state index in [4.69, 9.17) is 8.83 Å². The molecular formula is C17H11NO3. The predicted octanol–water partition coefficient (Wildman–Crippen LogP) is 3.91. The molecule has 0 aliphatic heterocycles. The van der Waals surface area contributed by atoms with Crippen molar-refractivity contribution in [2.75, 3.05) is 0 Å². The quantitative estimate of drug-likeness (QED) is 0.495. The van der Waals surface area contributed by atoms with Gasteiger partial charge >= 0.3 is 5.63 Å². The Balaban J connectivity index is 1.99. The predicted molar refractivity (Wildman–Crippen MR) is 80.2 cm³/mol. The minimum absolute atomic E-state index is 0.375. The molecule has 0 bridgehead atoms. The Labute approximate surface area is 119 Å². The van der Waals surface area contributed by atoms with Crippen molar-refractivity contribution in [3.05, 3.63) is 64.5 Å². The van der Waals surface area contributed by atoms with E-state index in [-0.39, 0.29) is 5.63 Å². The molecule has 4 heteroatoms. The Kier molecular flexibility index (Phi) is 2.44. The lowest BCUT2D eigenvalue weighted by molar-refractivity contribution is 0.560. The van der Waals surface area contributed by atoms with Crippen molar-refractivity contribution in [3.8, 4) is 11.5 Å². The first-order valence-electron chi connectivity index (χ1n) is 6.61. The summed E-state index contributed by atoms with van der Waals surface area (Å²) >= 11 is 0. The second kappa shape index (κ2) is 4.31. The summed E-state index contributed by atoms with van der Waals surface area (Å²) in [5, 5.41) is 0.748. The van der Waals surface area contributed by atoms with Crippen molar-refractivity contribution in [3.63, 3.8) is 0 Å². The van der Waals surface area contributed by atoms with E-state index in [1.807, 2.05) is 31.2 Å². The molecule has 4 nitrogen and oxygen atoms in total. The van der Waals surface area contributed by atoms with Gasteiger partial charge in [-0.2, -0.15) is 0 Å². The Bertz CT molecular complexity index is 1010. The van der Waals surface area contributed by atoms with E-state index in [1.54, 1.807) is 18.2 Å². The van der Waals surface area contributed by atoms with Gasteiger partial charge < -0.3 is 8.83 Å². The first-order valence-corrected chi connectivity index (χ1v) is 6.61. The Morgan fingerprint density at radius 3 is 2.52 bits per heavy atom. The number of rotatable bonds is 1. The third-order valence-electron chi connectivity index (χ3n) is 3.45. The molecule has 21 heavy (non-hydrogen) atoms. The van der Waals surface area contributed by atoms with Gasteiger partial charge in [0.05, 0.1) is 5.39 Å². The molecule has 0 unspecified atom stereocenters. The summed E-state index contributed by atoms with van der Waals surface area (Å²) in [7, 11) is 0. The number of hydrogen-bond donors (Lipinski definition) is 0. The average molecular weight is 277 g/mol. The normalized spacial score (nSPS) is 11.3. The van der Waals surface area contributed by atoms with E-state index >= 15 is 0 Å². The SMILES string of the molecule is Cc1ccc(-c2nc3ccc4oc(=O)ccc4c3o2)cc1. The first kappa shape index (κ1) is 11.9. The van der Waals surface area contributed by atoms with Gasteiger partial charge in [0, 0.05) is 11.6 Å². The van der Waals surface area contributed by atoms with Crippen molar-refractivity contribution >= 4 is 22.1 Å². The summed E-state index contributed by atoms with van der Waals surface area (Å²) < 4.78 is 11.0. The molecule has 0 aliphatic rings. The number of aryl methyl sites for hydroxylation is 1. The van der Waals surface area contributed by atoms with Gasteiger partial charge in [-0.3, -0.25) is 0 Å². The van der Waals surface area contributed by atoms with E-state index in [0.717, 1.165) is 16.5 Å². The van der Waals surface area contributed by atoms with Crippen molar-refractivity contribution in [2.45, 2.75) is 6.92 Å². The zero-order chi connectivity index (χ0) is 14.4. The van der Waals surface area contributed by atoms with E-state index < -0.39 is 0 Å². The molecule has 0 aliphatic carbocycles. The molecule has 0 N–H and O–H groups in total. The third kappa shape index (κ3) is 1.92. The first-order chi connectivity index (χ1) is 10.2. The minimum Gasteiger partial charge on any atom is -0.435 e. The summed E-state index contributed by atoms with van der Waals surface area (Å²) in [5.41, 5.74) is 3.60. The highest BCUT2D eigenvalue weighted by atomic mass is 16.4. The summed E-state index contributed by atoms with van der Waals surface area (Å²) in [6.07, 6.45) is 0. The number of aromatic nitrogens is 1. The maximum Gasteiger partial charge on any atom is 0.336 e. The maximum absolute atomic E-state index is 11.3. The Hall–Kier alpha value is -2.88. The summed E-state index contributed by atoms with van der Waals surface area (Å²) in [5.74, 6) is 0.559. The fourth-order valence-electron chi connectivity index (χ4n) is 2.35. The van der Waals surface area contributed by atoms with Gasteiger partial charge in [-0.05, 0) is 37.3 Å². The second-order valence-electron chi connectivity index (χ2n) is 4.97. The van der Waals surface area contributed by atoms with Crippen LogP contribution in [0.4, 0.5) is 0 Å². The summed E-state index contributed by atoms with van der Waals surface area (Å²) in [6, 6.07) is 14.6. The van der Waals surface area contributed by atoms with Crippen LogP contribution in [0.2, 0.25) is 0 Å². The number of hydrogen-bond acceptors (Lipinski definition) is 4. The molecule has 0 saturated carbocycles. The molecule has 4 rings (SSSR count). The maximum atomic E-state index is 11.3. The highest BCUT2D eigenvalue weighted by Gasteiger charge is 2.12. The van der Waals surface area contributed by atoms with Crippen LogP contribution >= 0.6 is 0 Å². The van der Waals surface area contributed by atoms with Gasteiger partial charge in [-0.1, -0.05) is 17.7 Å². The monoisotopic (exact) mass is 277 g/mol. The molecule has 0 fully saturated rings. The summed E-state index contributed by atoms with van der Waals surface area (Å²) in [6.45, 7) is 2.03. The van der Waals surface area contributed by atoms with Gasteiger partial charge in [-0.15, -0.1) is 0 Å². The smallest absolute Gasteiger partial charge is 0.336 e. The van der Waals surface area contributed by atoms with E-state index in [9.17, 15) is 4.79 Å². The van der Waals surface area contributed by atoms with Crippen molar-refractivity contribution in [1.82, 2.24) is 4.98 Å². The van der Waals surface area contributed by atoms with Crippen LogP contribution in [0.25, 0.3) is 33.5 Å². The van der Waals surface area contributed by atoms with E-state index in [0.29, 0.717) is 17.1 Å². The van der Waals surface area contributed by atoms with Crippen molar-refractivity contribution < 1.29 is 8.83 Å². The molecule has 0 saturated heterocycles. The number of benzene rings is 2. The lowest BCUT2D eigenvalue weighted by Gasteiger charge is -1.96. The van der Waals surface area contributed by atoms with Gasteiger partial charge in [-0.25, -0.2) is 9.78 Å². The van der Waals surface area contributed by atoms with Crippen LogP contribution in [0.15, 0.2) is 62.2 Å². The van der Waals surface area contributed by atoms with Crippen molar-refractivity contribution in [2.24, 2.45) is 0 Å².